The number of nitrogens with zero attached hydrogens (tertiary/aromatic N) is 4. The molecular weight excluding hydrogens is 394 g/mol. The maximum Gasteiger partial charge on any atom is 0.237 e. The van der Waals surface area contributed by atoms with E-state index in [-0.39, 0.29) is 5.91 Å². The maximum absolute atomic E-state index is 12.6. The molecule has 0 aliphatic carbocycles. The molecule has 0 saturated carbocycles. The molecule has 6 nitrogen and oxygen atoms in total. The molecule has 142 valence electrons. The lowest BCUT2D eigenvalue weighted by atomic mass is 10.2. The van der Waals surface area contributed by atoms with E-state index >= 15 is 0 Å². The number of rotatable bonds is 6. The van der Waals surface area contributed by atoms with Gasteiger partial charge in [0.1, 0.15) is 6.07 Å². The minimum absolute atomic E-state index is 0.202. The van der Waals surface area contributed by atoms with Crippen LogP contribution in [0.1, 0.15) is 19.4 Å². The van der Waals surface area contributed by atoms with Crippen molar-refractivity contribution in [2.45, 2.75) is 30.8 Å². The molecule has 0 saturated heterocycles. The SMILES string of the molecule is CCn1c(SC(C)C(=O)Nc2ccccc2C#N)nnc1-c1ccc(Cl)cc1. The van der Waals surface area contributed by atoms with Crippen LogP contribution in [-0.4, -0.2) is 25.9 Å². The highest BCUT2D eigenvalue weighted by Gasteiger charge is 2.21. The lowest BCUT2D eigenvalue weighted by Gasteiger charge is -2.13. The van der Waals surface area contributed by atoms with Crippen molar-refractivity contribution in [2.75, 3.05) is 5.32 Å². The summed E-state index contributed by atoms with van der Waals surface area (Å²) in [6.07, 6.45) is 0. The van der Waals surface area contributed by atoms with Crippen LogP contribution in [0.15, 0.2) is 53.7 Å². The lowest BCUT2D eigenvalue weighted by Crippen LogP contribution is -2.23. The van der Waals surface area contributed by atoms with Crippen LogP contribution in [0, 0.1) is 11.3 Å². The summed E-state index contributed by atoms with van der Waals surface area (Å²) in [6, 6.07) is 16.4. The zero-order valence-electron chi connectivity index (χ0n) is 15.4. The first-order chi connectivity index (χ1) is 13.5. The van der Waals surface area contributed by atoms with Crippen molar-refractivity contribution in [3.8, 4) is 17.5 Å². The van der Waals surface area contributed by atoms with Crippen molar-refractivity contribution in [3.63, 3.8) is 0 Å². The third kappa shape index (κ3) is 4.35. The fourth-order valence-electron chi connectivity index (χ4n) is 2.61. The van der Waals surface area contributed by atoms with Crippen LogP contribution in [0.4, 0.5) is 5.69 Å². The Bertz CT molecular complexity index is 1030. The predicted octanol–water partition coefficient (Wildman–Crippen LogP) is 4.61. The molecule has 3 aromatic rings. The van der Waals surface area contributed by atoms with Gasteiger partial charge in [-0.1, -0.05) is 35.5 Å². The first-order valence-electron chi connectivity index (χ1n) is 8.69. The standard InChI is InChI=1S/C20H18ClN5OS/c1-3-26-18(14-8-10-16(21)11-9-14)24-25-20(26)28-13(2)19(27)23-17-7-5-4-6-15(17)12-22/h4-11,13H,3H2,1-2H3,(H,23,27). The van der Waals surface area contributed by atoms with Crippen LogP contribution in [0.2, 0.25) is 5.02 Å². The van der Waals surface area contributed by atoms with Crippen LogP contribution < -0.4 is 5.32 Å². The molecule has 0 fully saturated rings. The Morgan fingerprint density at radius 2 is 1.96 bits per heavy atom. The van der Waals surface area contributed by atoms with E-state index < -0.39 is 5.25 Å². The summed E-state index contributed by atoms with van der Waals surface area (Å²) in [5, 5.41) is 21.4. The van der Waals surface area contributed by atoms with Crippen molar-refractivity contribution < 1.29 is 4.79 Å². The molecule has 3 rings (SSSR count). The van der Waals surface area contributed by atoms with E-state index in [0.29, 0.717) is 28.0 Å². The molecule has 2 aromatic carbocycles. The molecule has 1 N–H and O–H groups in total. The first-order valence-corrected chi connectivity index (χ1v) is 9.95. The van der Waals surface area contributed by atoms with Gasteiger partial charge in [0.05, 0.1) is 16.5 Å². The van der Waals surface area contributed by atoms with Gasteiger partial charge in [0, 0.05) is 17.1 Å². The summed E-state index contributed by atoms with van der Waals surface area (Å²) in [4.78, 5) is 12.6. The molecule has 1 unspecified atom stereocenters. The van der Waals surface area contributed by atoms with Gasteiger partial charge in [0.25, 0.3) is 0 Å². The molecule has 28 heavy (non-hydrogen) atoms. The van der Waals surface area contributed by atoms with Crippen molar-refractivity contribution in [1.82, 2.24) is 14.8 Å². The lowest BCUT2D eigenvalue weighted by molar-refractivity contribution is -0.115. The number of halogens is 1. The number of para-hydroxylation sites is 1. The van der Waals surface area contributed by atoms with Crippen LogP contribution in [0.5, 0.6) is 0 Å². The van der Waals surface area contributed by atoms with Gasteiger partial charge in [-0.05, 0) is 50.2 Å². The number of anilines is 1. The molecule has 1 heterocycles. The Morgan fingerprint density at radius 3 is 2.64 bits per heavy atom. The number of aromatic nitrogens is 3. The quantitative estimate of drug-likeness (QED) is 0.599. The van der Waals surface area contributed by atoms with Gasteiger partial charge < -0.3 is 9.88 Å². The van der Waals surface area contributed by atoms with E-state index in [9.17, 15) is 4.79 Å². The summed E-state index contributed by atoms with van der Waals surface area (Å²) in [5.74, 6) is 0.524. The van der Waals surface area contributed by atoms with E-state index in [0.717, 1.165) is 11.4 Å². The molecule has 8 heteroatoms. The first kappa shape index (κ1) is 19.9. The summed E-state index contributed by atoms with van der Waals surface area (Å²) < 4.78 is 1.96. The van der Waals surface area contributed by atoms with E-state index in [2.05, 4.69) is 21.6 Å². The predicted molar refractivity (Wildman–Crippen MR) is 111 cm³/mol. The molecule has 0 aliphatic rings. The number of benzene rings is 2. The van der Waals surface area contributed by atoms with Crippen LogP contribution in [-0.2, 0) is 11.3 Å². The van der Waals surface area contributed by atoms with Gasteiger partial charge in [-0.15, -0.1) is 10.2 Å². The van der Waals surface area contributed by atoms with Crippen LogP contribution >= 0.6 is 23.4 Å². The maximum atomic E-state index is 12.6. The highest BCUT2D eigenvalue weighted by Crippen LogP contribution is 2.28. The van der Waals surface area contributed by atoms with E-state index in [1.165, 1.54) is 11.8 Å². The second-order valence-corrected chi connectivity index (χ2v) is 7.71. The largest absolute Gasteiger partial charge is 0.324 e. The highest BCUT2D eigenvalue weighted by atomic mass is 35.5. The van der Waals surface area contributed by atoms with Gasteiger partial charge >= 0.3 is 0 Å². The number of nitriles is 1. The molecule has 0 radical (unpaired) electrons. The Labute approximate surface area is 172 Å². The second-order valence-electron chi connectivity index (χ2n) is 5.96. The monoisotopic (exact) mass is 411 g/mol. The van der Waals surface area contributed by atoms with Gasteiger partial charge in [0.2, 0.25) is 5.91 Å². The molecular formula is C20H18ClN5OS. The smallest absolute Gasteiger partial charge is 0.237 e. The molecule has 0 bridgehead atoms. The number of amides is 1. The Morgan fingerprint density at radius 1 is 1.25 bits per heavy atom. The summed E-state index contributed by atoms with van der Waals surface area (Å²) in [6.45, 7) is 4.46. The molecule has 1 amide bonds. The highest BCUT2D eigenvalue weighted by molar-refractivity contribution is 8.00. The normalized spacial score (nSPS) is 11.6. The number of hydrogen-bond donors (Lipinski definition) is 1. The van der Waals surface area contributed by atoms with Crippen molar-refractivity contribution in [1.29, 1.82) is 5.26 Å². The van der Waals surface area contributed by atoms with Gasteiger partial charge in [-0.2, -0.15) is 5.26 Å². The Hall–Kier alpha value is -2.82. The molecule has 0 spiro atoms. The van der Waals surface area contributed by atoms with Gasteiger partial charge in [-0.25, -0.2) is 0 Å². The number of carbonyl (C=O) groups is 1. The molecule has 1 atom stereocenters. The summed E-state index contributed by atoms with van der Waals surface area (Å²) in [7, 11) is 0. The van der Waals surface area contributed by atoms with Crippen LogP contribution in [0.25, 0.3) is 11.4 Å². The van der Waals surface area contributed by atoms with E-state index in [1.54, 1.807) is 43.3 Å². The fraction of sp³-hybridized carbons (Fsp3) is 0.200. The zero-order valence-corrected chi connectivity index (χ0v) is 17.0. The van der Waals surface area contributed by atoms with Crippen molar-refractivity contribution in [2.24, 2.45) is 0 Å². The van der Waals surface area contributed by atoms with E-state index in [4.69, 9.17) is 16.9 Å². The van der Waals surface area contributed by atoms with Crippen LogP contribution in [0.3, 0.4) is 0 Å². The minimum Gasteiger partial charge on any atom is -0.324 e. The third-order valence-electron chi connectivity index (χ3n) is 4.09. The average molecular weight is 412 g/mol. The fourth-order valence-corrected chi connectivity index (χ4v) is 3.65. The zero-order chi connectivity index (χ0) is 20.1. The molecule has 1 aromatic heterocycles. The second kappa shape index (κ2) is 8.91. The number of hydrogen-bond acceptors (Lipinski definition) is 5. The third-order valence-corrected chi connectivity index (χ3v) is 5.42. The van der Waals surface area contributed by atoms with Gasteiger partial charge in [0.15, 0.2) is 11.0 Å². The van der Waals surface area contributed by atoms with Gasteiger partial charge in [-0.3, -0.25) is 4.79 Å². The average Bonchev–Trinajstić information content (AvgIpc) is 3.11. The number of nitrogens with one attached hydrogen (secondary N) is 1. The topological polar surface area (TPSA) is 83.6 Å². The number of carbonyl (C=O) groups excluding carboxylic acids is 1. The number of thioether (sulfide) groups is 1. The molecule has 0 aliphatic heterocycles. The van der Waals surface area contributed by atoms with E-state index in [1.807, 2.05) is 23.6 Å². The summed E-state index contributed by atoms with van der Waals surface area (Å²) in [5.41, 5.74) is 1.83. The van der Waals surface area contributed by atoms with Crippen molar-refractivity contribution in [3.05, 3.63) is 59.1 Å². The Kier molecular flexibility index (Phi) is 6.34. The Balaban J connectivity index is 1.77. The minimum atomic E-state index is -0.417. The summed E-state index contributed by atoms with van der Waals surface area (Å²) >= 11 is 7.28. The van der Waals surface area contributed by atoms with Crippen molar-refractivity contribution >= 4 is 35.0 Å².